The SMILES string of the molecule is [CH2-]C1C(C)CC23c4[nH]c5ccccc5c4CC(C(=O)OC)N2C(=O)CC13. The molecule has 26 heavy (non-hydrogen) atoms. The Morgan fingerprint density at radius 3 is 2.88 bits per heavy atom. The zero-order valence-corrected chi connectivity index (χ0v) is 15.1. The van der Waals surface area contributed by atoms with Crippen molar-refractivity contribution in [2.75, 3.05) is 7.11 Å². The number of aromatic nitrogens is 1. The third kappa shape index (κ3) is 1.71. The van der Waals surface area contributed by atoms with Crippen LogP contribution in [0.15, 0.2) is 24.3 Å². The molecule has 2 aromatic rings. The number of rotatable bonds is 1. The molecule has 1 amide bonds. The van der Waals surface area contributed by atoms with E-state index in [1.807, 2.05) is 17.0 Å². The van der Waals surface area contributed by atoms with E-state index in [0.717, 1.165) is 28.6 Å². The number of carbonyl (C=O) groups is 2. The Morgan fingerprint density at radius 2 is 2.12 bits per heavy atom. The average molecular weight is 351 g/mol. The number of ether oxygens (including phenoxy) is 1. The minimum Gasteiger partial charge on any atom is -0.467 e. The van der Waals surface area contributed by atoms with Crippen molar-refractivity contribution in [3.63, 3.8) is 0 Å². The largest absolute Gasteiger partial charge is 0.467 e. The van der Waals surface area contributed by atoms with Crippen LogP contribution in [0.3, 0.4) is 0 Å². The fraction of sp³-hybridized carbons (Fsp3) is 0.476. The number of nitrogens with zero attached hydrogens (tertiary/aromatic N) is 1. The molecule has 3 aliphatic rings. The van der Waals surface area contributed by atoms with E-state index >= 15 is 0 Å². The molecule has 5 unspecified atom stereocenters. The van der Waals surface area contributed by atoms with Crippen molar-refractivity contribution >= 4 is 22.8 Å². The van der Waals surface area contributed by atoms with Crippen molar-refractivity contribution in [1.82, 2.24) is 9.88 Å². The molecule has 1 N–H and O–H groups in total. The highest BCUT2D eigenvalue weighted by molar-refractivity contribution is 5.92. The van der Waals surface area contributed by atoms with Crippen LogP contribution in [0.4, 0.5) is 0 Å². The first-order chi connectivity index (χ1) is 12.5. The molecule has 0 bridgehead atoms. The topological polar surface area (TPSA) is 62.4 Å². The van der Waals surface area contributed by atoms with Crippen LogP contribution in [0.1, 0.15) is 31.0 Å². The van der Waals surface area contributed by atoms with E-state index in [-0.39, 0.29) is 23.7 Å². The number of amides is 1. The van der Waals surface area contributed by atoms with Crippen molar-refractivity contribution in [1.29, 1.82) is 0 Å². The van der Waals surface area contributed by atoms with Crippen molar-refractivity contribution in [2.45, 2.75) is 37.8 Å². The van der Waals surface area contributed by atoms with Crippen molar-refractivity contribution in [3.05, 3.63) is 42.4 Å². The van der Waals surface area contributed by atoms with Gasteiger partial charge in [0.15, 0.2) is 0 Å². The summed E-state index contributed by atoms with van der Waals surface area (Å²) in [5.74, 6) is 0.444. The number of aromatic amines is 1. The summed E-state index contributed by atoms with van der Waals surface area (Å²) in [6, 6.07) is 7.63. The number of methoxy groups -OCH3 is 1. The van der Waals surface area contributed by atoms with Gasteiger partial charge in [-0.25, -0.2) is 4.79 Å². The van der Waals surface area contributed by atoms with E-state index in [1.165, 1.54) is 7.11 Å². The summed E-state index contributed by atoms with van der Waals surface area (Å²) in [7, 11) is 1.40. The number of esters is 1. The zero-order valence-electron chi connectivity index (χ0n) is 15.1. The monoisotopic (exact) mass is 351 g/mol. The maximum Gasteiger partial charge on any atom is 0.328 e. The number of carbonyl (C=O) groups excluding carboxylic acids is 2. The lowest BCUT2D eigenvalue weighted by Gasteiger charge is -2.46. The third-order valence-electron chi connectivity index (χ3n) is 7.02. The zero-order chi connectivity index (χ0) is 18.2. The van der Waals surface area contributed by atoms with Crippen molar-refractivity contribution in [3.8, 4) is 0 Å². The summed E-state index contributed by atoms with van der Waals surface area (Å²) in [5.41, 5.74) is 2.88. The molecule has 2 fully saturated rings. The second-order valence-corrected chi connectivity index (χ2v) is 8.11. The molecule has 5 heteroatoms. The standard InChI is InChI=1S/C21H23N2O3/c1-11-10-21-15(12(11)2)9-18(24)23(21)17(20(25)26-3)8-14-13-6-4-5-7-16(13)22-19(14)21/h4-7,11-12,15,17,22H,2,8-10H2,1,3H3/q-1. The van der Waals surface area contributed by atoms with Gasteiger partial charge < -0.3 is 21.5 Å². The Hall–Kier alpha value is -2.30. The molecule has 5 nitrogen and oxygen atoms in total. The molecule has 1 aromatic carbocycles. The van der Waals surface area contributed by atoms with E-state index in [2.05, 4.69) is 31.0 Å². The molecule has 1 saturated carbocycles. The van der Waals surface area contributed by atoms with Crippen LogP contribution >= 0.6 is 0 Å². The number of para-hydroxylation sites is 1. The maximum atomic E-state index is 13.0. The lowest BCUT2D eigenvalue weighted by Crippen LogP contribution is -2.57. The average Bonchev–Trinajstić information content (AvgIpc) is 3.23. The van der Waals surface area contributed by atoms with E-state index in [0.29, 0.717) is 18.8 Å². The molecule has 3 heterocycles. The first-order valence-electron chi connectivity index (χ1n) is 9.32. The molecule has 1 saturated heterocycles. The molecule has 136 valence electrons. The highest BCUT2D eigenvalue weighted by Gasteiger charge is 2.64. The Balaban J connectivity index is 1.81. The second-order valence-electron chi connectivity index (χ2n) is 8.11. The molecule has 5 atom stereocenters. The molecule has 1 spiro atoms. The van der Waals surface area contributed by atoms with Crippen LogP contribution in [-0.4, -0.2) is 34.9 Å². The van der Waals surface area contributed by atoms with Gasteiger partial charge in [-0.2, -0.15) is 5.92 Å². The van der Waals surface area contributed by atoms with Gasteiger partial charge in [0.2, 0.25) is 5.91 Å². The van der Waals surface area contributed by atoms with E-state index in [1.54, 1.807) is 0 Å². The predicted molar refractivity (Wildman–Crippen MR) is 97.1 cm³/mol. The van der Waals surface area contributed by atoms with E-state index in [4.69, 9.17) is 4.74 Å². The summed E-state index contributed by atoms with van der Waals surface area (Å²) in [6.45, 7) is 6.60. The molecular weight excluding hydrogens is 328 g/mol. The normalized spacial score (nSPS) is 35.3. The van der Waals surface area contributed by atoms with Crippen molar-refractivity contribution in [2.24, 2.45) is 17.8 Å². The Kier molecular flexibility index (Phi) is 3.13. The Labute approximate surface area is 152 Å². The number of H-pyrrole nitrogens is 1. The minimum atomic E-state index is -0.554. The lowest BCUT2D eigenvalue weighted by molar-refractivity contribution is -0.157. The lowest BCUT2D eigenvalue weighted by atomic mass is 9.76. The van der Waals surface area contributed by atoms with Gasteiger partial charge in [0.25, 0.3) is 0 Å². The third-order valence-corrected chi connectivity index (χ3v) is 7.02. The molecule has 5 rings (SSSR count). The van der Waals surface area contributed by atoms with Gasteiger partial charge in [0.1, 0.15) is 6.04 Å². The van der Waals surface area contributed by atoms with Crippen LogP contribution in [0.5, 0.6) is 0 Å². The van der Waals surface area contributed by atoms with E-state index < -0.39 is 11.6 Å². The highest BCUT2D eigenvalue weighted by atomic mass is 16.5. The van der Waals surface area contributed by atoms with Crippen LogP contribution in [0.2, 0.25) is 0 Å². The first-order valence-corrected chi connectivity index (χ1v) is 9.32. The maximum absolute atomic E-state index is 13.0. The quantitative estimate of drug-likeness (QED) is 0.635. The molecule has 1 aromatic heterocycles. The summed E-state index contributed by atoms with van der Waals surface area (Å²) >= 11 is 0. The van der Waals surface area contributed by atoms with Gasteiger partial charge in [-0.05, 0) is 24.0 Å². The summed E-state index contributed by atoms with van der Waals surface area (Å²) < 4.78 is 5.09. The van der Waals surface area contributed by atoms with Crippen LogP contribution in [0.25, 0.3) is 10.9 Å². The van der Waals surface area contributed by atoms with Gasteiger partial charge in [-0.15, -0.1) is 0 Å². The fourth-order valence-corrected chi connectivity index (χ4v) is 5.90. The van der Waals surface area contributed by atoms with E-state index in [9.17, 15) is 9.59 Å². The van der Waals surface area contributed by atoms with Crippen molar-refractivity contribution < 1.29 is 14.3 Å². The smallest absolute Gasteiger partial charge is 0.328 e. The van der Waals surface area contributed by atoms with Gasteiger partial charge in [-0.3, -0.25) is 4.79 Å². The number of benzene rings is 1. The number of hydrogen-bond donors (Lipinski definition) is 1. The number of nitrogens with one attached hydrogen (secondary N) is 1. The highest BCUT2D eigenvalue weighted by Crippen LogP contribution is 2.62. The van der Waals surface area contributed by atoms with Crippen LogP contribution in [0, 0.1) is 24.7 Å². The van der Waals surface area contributed by atoms with Gasteiger partial charge in [0.05, 0.1) is 12.6 Å². The van der Waals surface area contributed by atoms with Gasteiger partial charge >= 0.3 is 5.97 Å². The first kappa shape index (κ1) is 15.9. The summed E-state index contributed by atoms with van der Waals surface area (Å²) in [5, 5.41) is 1.14. The Morgan fingerprint density at radius 1 is 1.35 bits per heavy atom. The van der Waals surface area contributed by atoms with Gasteiger partial charge in [0, 0.05) is 29.4 Å². The summed E-state index contributed by atoms with van der Waals surface area (Å²) in [6.07, 6.45) is 1.80. The predicted octanol–water partition coefficient (Wildman–Crippen LogP) is 2.80. The second kappa shape index (κ2) is 5.12. The molecule has 0 radical (unpaired) electrons. The Bertz CT molecular complexity index is 932. The van der Waals surface area contributed by atoms with Gasteiger partial charge in [-0.1, -0.05) is 31.0 Å². The molecule has 2 aliphatic heterocycles. The number of fused-ring (bicyclic) bond motifs is 3. The molecule has 1 aliphatic carbocycles. The van der Waals surface area contributed by atoms with Crippen LogP contribution < -0.4 is 0 Å². The molecular formula is C21H23N2O3-. The summed E-state index contributed by atoms with van der Waals surface area (Å²) in [4.78, 5) is 31.1. The number of hydrogen-bond acceptors (Lipinski definition) is 3. The fourth-order valence-electron chi connectivity index (χ4n) is 5.90. The van der Waals surface area contributed by atoms with Crippen LogP contribution in [-0.2, 0) is 26.3 Å². The minimum absolute atomic E-state index is 0.0512.